The highest BCUT2D eigenvalue weighted by molar-refractivity contribution is 8.00. The van der Waals surface area contributed by atoms with Gasteiger partial charge in [-0.3, -0.25) is 4.98 Å². The van der Waals surface area contributed by atoms with E-state index < -0.39 is 0 Å². The van der Waals surface area contributed by atoms with Gasteiger partial charge in [0.1, 0.15) is 0 Å². The predicted octanol–water partition coefficient (Wildman–Crippen LogP) is 2.92. The van der Waals surface area contributed by atoms with Gasteiger partial charge in [0.15, 0.2) is 0 Å². The van der Waals surface area contributed by atoms with Crippen molar-refractivity contribution in [2.75, 3.05) is 5.75 Å². The summed E-state index contributed by atoms with van der Waals surface area (Å²) in [6.45, 7) is 8.60. The number of hydrogen-bond acceptors (Lipinski definition) is 3. The maximum atomic E-state index is 6.09. The van der Waals surface area contributed by atoms with Crippen LogP contribution in [0.5, 0.6) is 0 Å². The zero-order valence-corrected chi connectivity index (χ0v) is 10.8. The van der Waals surface area contributed by atoms with Crippen LogP contribution < -0.4 is 5.73 Å². The van der Waals surface area contributed by atoms with Gasteiger partial charge in [0.05, 0.1) is 0 Å². The molecule has 0 bridgehead atoms. The first-order valence-electron chi connectivity index (χ1n) is 5.20. The first-order valence-corrected chi connectivity index (χ1v) is 6.19. The van der Waals surface area contributed by atoms with Crippen molar-refractivity contribution in [2.24, 2.45) is 5.73 Å². The molecule has 3 heteroatoms. The summed E-state index contributed by atoms with van der Waals surface area (Å²) in [5, 5.41) is 0. The lowest BCUT2D eigenvalue weighted by Crippen LogP contribution is -2.18. The number of pyridine rings is 1. The van der Waals surface area contributed by atoms with Crippen molar-refractivity contribution in [3.8, 4) is 0 Å². The third-order valence-electron chi connectivity index (χ3n) is 2.06. The van der Waals surface area contributed by atoms with Gasteiger partial charge in [-0.15, -0.1) is 0 Å². The van der Waals surface area contributed by atoms with Crippen LogP contribution in [-0.2, 0) is 0 Å². The van der Waals surface area contributed by atoms with Gasteiger partial charge in [-0.2, -0.15) is 11.8 Å². The summed E-state index contributed by atoms with van der Waals surface area (Å²) in [4.78, 5) is 4.26. The van der Waals surface area contributed by atoms with Gasteiger partial charge in [0.25, 0.3) is 0 Å². The fraction of sp³-hybridized carbons (Fsp3) is 0.583. The van der Waals surface area contributed by atoms with Crippen LogP contribution in [0.15, 0.2) is 18.3 Å². The van der Waals surface area contributed by atoms with Gasteiger partial charge in [0, 0.05) is 28.4 Å². The van der Waals surface area contributed by atoms with E-state index >= 15 is 0 Å². The summed E-state index contributed by atoms with van der Waals surface area (Å²) >= 11 is 1.89. The third kappa shape index (κ3) is 4.67. The number of thioether (sulfide) groups is 1. The van der Waals surface area contributed by atoms with Crippen LogP contribution in [0.3, 0.4) is 0 Å². The number of rotatable bonds is 3. The molecule has 0 aliphatic heterocycles. The van der Waals surface area contributed by atoms with Crippen LogP contribution in [0, 0.1) is 6.92 Å². The Kier molecular flexibility index (Phi) is 4.17. The second kappa shape index (κ2) is 4.99. The maximum absolute atomic E-state index is 6.09. The third-order valence-corrected chi connectivity index (χ3v) is 3.45. The van der Waals surface area contributed by atoms with E-state index in [1.807, 2.05) is 30.9 Å². The number of aromatic nitrogens is 1. The highest BCUT2D eigenvalue weighted by atomic mass is 32.2. The highest BCUT2D eigenvalue weighted by Crippen LogP contribution is 2.27. The van der Waals surface area contributed by atoms with Crippen LogP contribution in [-0.4, -0.2) is 15.5 Å². The van der Waals surface area contributed by atoms with E-state index in [0.717, 1.165) is 17.0 Å². The van der Waals surface area contributed by atoms with Crippen molar-refractivity contribution >= 4 is 11.8 Å². The molecule has 0 aromatic carbocycles. The summed E-state index contributed by atoms with van der Waals surface area (Å²) < 4.78 is 0.274. The normalized spacial score (nSPS) is 13.9. The van der Waals surface area contributed by atoms with E-state index in [1.54, 1.807) is 0 Å². The van der Waals surface area contributed by atoms with Gasteiger partial charge < -0.3 is 5.73 Å². The Morgan fingerprint density at radius 2 is 2.07 bits per heavy atom. The minimum atomic E-state index is 0.0855. The molecule has 1 heterocycles. The van der Waals surface area contributed by atoms with Crippen LogP contribution in [0.25, 0.3) is 0 Å². The molecule has 84 valence electrons. The molecule has 1 atom stereocenters. The monoisotopic (exact) mass is 224 g/mol. The molecule has 1 rings (SSSR count). The first kappa shape index (κ1) is 12.5. The Morgan fingerprint density at radius 3 is 2.53 bits per heavy atom. The van der Waals surface area contributed by atoms with Gasteiger partial charge in [-0.1, -0.05) is 26.8 Å². The minimum Gasteiger partial charge on any atom is -0.323 e. The molecule has 0 radical (unpaired) electrons. The van der Waals surface area contributed by atoms with Gasteiger partial charge in [-0.25, -0.2) is 0 Å². The fourth-order valence-corrected chi connectivity index (χ4v) is 2.01. The van der Waals surface area contributed by atoms with Crippen molar-refractivity contribution in [3.05, 3.63) is 29.6 Å². The molecule has 2 nitrogen and oxygen atoms in total. The van der Waals surface area contributed by atoms with E-state index in [4.69, 9.17) is 5.73 Å². The Balaban J connectivity index is 2.54. The van der Waals surface area contributed by atoms with Crippen molar-refractivity contribution < 1.29 is 0 Å². The van der Waals surface area contributed by atoms with Gasteiger partial charge in [0.2, 0.25) is 0 Å². The Morgan fingerprint density at radius 1 is 1.40 bits per heavy atom. The van der Waals surface area contributed by atoms with E-state index in [9.17, 15) is 0 Å². The summed E-state index contributed by atoms with van der Waals surface area (Å²) in [6, 6.07) is 4.16. The maximum Gasteiger partial charge on any atom is 0.0402 e. The fourth-order valence-electron chi connectivity index (χ4n) is 1.13. The number of aryl methyl sites for hydroxylation is 1. The van der Waals surface area contributed by atoms with Crippen molar-refractivity contribution in [2.45, 2.75) is 38.5 Å². The SMILES string of the molecule is Cc1ccc(C(N)CSC(C)(C)C)cn1. The summed E-state index contributed by atoms with van der Waals surface area (Å²) in [5.41, 5.74) is 8.25. The van der Waals surface area contributed by atoms with Gasteiger partial charge >= 0.3 is 0 Å². The average Bonchev–Trinajstić information content (AvgIpc) is 2.14. The minimum absolute atomic E-state index is 0.0855. The largest absolute Gasteiger partial charge is 0.323 e. The van der Waals surface area contributed by atoms with Crippen molar-refractivity contribution in [1.29, 1.82) is 0 Å². The molecule has 1 unspecified atom stereocenters. The quantitative estimate of drug-likeness (QED) is 0.858. The van der Waals surface area contributed by atoms with Gasteiger partial charge in [-0.05, 0) is 18.6 Å². The Bertz CT molecular complexity index is 300. The molecule has 0 saturated heterocycles. The summed E-state index contributed by atoms with van der Waals surface area (Å²) in [6.07, 6.45) is 1.88. The van der Waals surface area contributed by atoms with Crippen LogP contribution in [0.4, 0.5) is 0 Å². The number of nitrogens with two attached hydrogens (primary N) is 1. The van der Waals surface area contributed by atoms with Crippen molar-refractivity contribution in [1.82, 2.24) is 4.98 Å². The molecular formula is C12H20N2S. The second-order valence-electron chi connectivity index (χ2n) is 4.76. The molecule has 0 aliphatic carbocycles. The average molecular weight is 224 g/mol. The number of nitrogens with zero attached hydrogens (tertiary/aromatic N) is 1. The Labute approximate surface area is 96.7 Å². The number of hydrogen-bond donors (Lipinski definition) is 1. The first-order chi connectivity index (χ1) is 6.88. The molecule has 1 aromatic rings. The van der Waals surface area contributed by atoms with E-state index in [-0.39, 0.29) is 10.8 Å². The smallest absolute Gasteiger partial charge is 0.0402 e. The van der Waals surface area contributed by atoms with Crippen molar-refractivity contribution in [3.63, 3.8) is 0 Å². The van der Waals surface area contributed by atoms with E-state index in [1.165, 1.54) is 0 Å². The standard InChI is InChI=1S/C12H20N2S/c1-9-5-6-10(7-14-9)11(13)8-15-12(2,3)4/h5-7,11H,8,13H2,1-4H3. The molecular weight excluding hydrogens is 204 g/mol. The lowest BCUT2D eigenvalue weighted by Gasteiger charge is -2.20. The summed E-state index contributed by atoms with van der Waals surface area (Å²) in [5.74, 6) is 0.939. The van der Waals surface area contributed by atoms with E-state index in [2.05, 4.69) is 31.8 Å². The zero-order chi connectivity index (χ0) is 11.5. The molecule has 15 heavy (non-hydrogen) atoms. The predicted molar refractivity (Wildman–Crippen MR) is 68.1 cm³/mol. The lowest BCUT2D eigenvalue weighted by molar-refractivity contribution is 0.776. The van der Waals surface area contributed by atoms with Crippen LogP contribution >= 0.6 is 11.8 Å². The highest BCUT2D eigenvalue weighted by Gasteiger charge is 2.14. The Hall–Kier alpha value is -0.540. The zero-order valence-electron chi connectivity index (χ0n) is 9.95. The molecule has 2 N–H and O–H groups in total. The lowest BCUT2D eigenvalue weighted by atomic mass is 10.1. The topological polar surface area (TPSA) is 38.9 Å². The van der Waals surface area contributed by atoms with Crippen LogP contribution in [0.1, 0.15) is 38.1 Å². The molecule has 0 spiro atoms. The second-order valence-corrected chi connectivity index (χ2v) is 6.61. The summed E-state index contributed by atoms with van der Waals surface area (Å²) in [7, 11) is 0. The molecule has 0 aliphatic rings. The molecule has 1 aromatic heterocycles. The molecule has 0 fully saturated rings. The van der Waals surface area contributed by atoms with E-state index in [0.29, 0.717) is 0 Å². The molecule has 0 amide bonds. The van der Waals surface area contributed by atoms with Crippen LogP contribution in [0.2, 0.25) is 0 Å². The molecule has 0 saturated carbocycles.